The van der Waals surface area contributed by atoms with Gasteiger partial charge in [-0.15, -0.1) is 0 Å². The Hall–Kier alpha value is -0.0800. The Morgan fingerprint density at radius 3 is 2.12 bits per heavy atom. The standard InChI is InChI=1S/C14H28N2/c1-13-6-8-14(12-15,9-7-13)16-10-4-2-3-5-11-16/h13H,2-12,15H2,1H3. The monoisotopic (exact) mass is 224 g/mol. The van der Waals surface area contributed by atoms with E-state index in [4.69, 9.17) is 5.73 Å². The van der Waals surface area contributed by atoms with Gasteiger partial charge in [-0.3, -0.25) is 4.90 Å². The van der Waals surface area contributed by atoms with Crippen LogP contribution in [0.15, 0.2) is 0 Å². The second-order valence-electron chi connectivity index (χ2n) is 6.01. The van der Waals surface area contributed by atoms with E-state index in [1.54, 1.807) is 0 Å². The third-order valence-corrected chi connectivity index (χ3v) is 4.86. The normalized spacial score (nSPS) is 38.2. The maximum absolute atomic E-state index is 6.12. The highest BCUT2D eigenvalue weighted by Crippen LogP contribution is 2.36. The second kappa shape index (κ2) is 5.50. The summed E-state index contributed by atoms with van der Waals surface area (Å²) in [4.78, 5) is 2.74. The molecule has 2 fully saturated rings. The molecule has 1 saturated heterocycles. The summed E-state index contributed by atoms with van der Waals surface area (Å²) in [5.74, 6) is 0.923. The SMILES string of the molecule is CC1CCC(CN)(N2CCCCCC2)CC1. The minimum Gasteiger partial charge on any atom is -0.329 e. The van der Waals surface area contributed by atoms with Crippen molar-refractivity contribution in [2.45, 2.75) is 63.8 Å². The summed E-state index contributed by atoms with van der Waals surface area (Å²) in [6.07, 6.45) is 11.1. The van der Waals surface area contributed by atoms with E-state index in [9.17, 15) is 0 Å². The van der Waals surface area contributed by atoms with Gasteiger partial charge in [0.05, 0.1) is 0 Å². The molecule has 94 valence electrons. The van der Waals surface area contributed by atoms with Gasteiger partial charge in [0.2, 0.25) is 0 Å². The fraction of sp³-hybridized carbons (Fsp3) is 1.00. The van der Waals surface area contributed by atoms with Gasteiger partial charge in [-0.1, -0.05) is 19.8 Å². The van der Waals surface area contributed by atoms with E-state index in [0.717, 1.165) is 12.5 Å². The molecule has 16 heavy (non-hydrogen) atoms. The van der Waals surface area contributed by atoms with Crippen LogP contribution in [0.5, 0.6) is 0 Å². The molecule has 0 atom stereocenters. The quantitative estimate of drug-likeness (QED) is 0.781. The number of hydrogen-bond donors (Lipinski definition) is 1. The number of likely N-dealkylation sites (tertiary alicyclic amines) is 1. The summed E-state index contributed by atoms with van der Waals surface area (Å²) < 4.78 is 0. The van der Waals surface area contributed by atoms with Crippen LogP contribution >= 0.6 is 0 Å². The maximum atomic E-state index is 6.12. The largest absolute Gasteiger partial charge is 0.329 e. The lowest BCUT2D eigenvalue weighted by Gasteiger charge is -2.47. The first-order chi connectivity index (χ1) is 7.77. The second-order valence-corrected chi connectivity index (χ2v) is 6.01. The van der Waals surface area contributed by atoms with Crippen LogP contribution in [0, 0.1) is 5.92 Å². The van der Waals surface area contributed by atoms with Gasteiger partial charge in [0.25, 0.3) is 0 Å². The van der Waals surface area contributed by atoms with Gasteiger partial charge < -0.3 is 5.73 Å². The molecule has 2 aliphatic rings. The zero-order valence-electron chi connectivity index (χ0n) is 10.9. The van der Waals surface area contributed by atoms with E-state index in [-0.39, 0.29) is 0 Å². The molecule has 2 heteroatoms. The first kappa shape index (κ1) is 12.4. The highest BCUT2D eigenvalue weighted by molar-refractivity contribution is 4.95. The number of nitrogens with zero attached hydrogens (tertiary/aromatic N) is 1. The van der Waals surface area contributed by atoms with Crippen molar-refractivity contribution < 1.29 is 0 Å². The summed E-state index contributed by atoms with van der Waals surface area (Å²) in [6, 6.07) is 0. The highest BCUT2D eigenvalue weighted by atomic mass is 15.2. The van der Waals surface area contributed by atoms with Gasteiger partial charge in [0.1, 0.15) is 0 Å². The number of rotatable bonds is 2. The van der Waals surface area contributed by atoms with E-state index >= 15 is 0 Å². The van der Waals surface area contributed by atoms with E-state index in [2.05, 4.69) is 11.8 Å². The molecule has 0 bridgehead atoms. The van der Waals surface area contributed by atoms with Crippen molar-refractivity contribution in [3.8, 4) is 0 Å². The lowest BCUT2D eigenvalue weighted by atomic mass is 9.76. The maximum Gasteiger partial charge on any atom is 0.0331 e. The van der Waals surface area contributed by atoms with E-state index in [1.807, 2.05) is 0 Å². The molecule has 1 heterocycles. The highest BCUT2D eigenvalue weighted by Gasteiger charge is 2.38. The van der Waals surface area contributed by atoms with Crippen LogP contribution in [0.4, 0.5) is 0 Å². The predicted molar refractivity (Wildman–Crippen MR) is 69.5 cm³/mol. The molecule has 0 unspecified atom stereocenters. The Bertz CT molecular complexity index is 199. The van der Waals surface area contributed by atoms with Crippen molar-refractivity contribution >= 4 is 0 Å². The molecule has 0 amide bonds. The van der Waals surface area contributed by atoms with Gasteiger partial charge in [0, 0.05) is 12.1 Å². The van der Waals surface area contributed by atoms with Crippen molar-refractivity contribution in [2.24, 2.45) is 11.7 Å². The molecule has 0 aromatic rings. The van der Waals surface area contributed by atoms with Gasteiger partial charge in [-0.25, -0.2) is 0 Å². The minimum atomic E-state index is 0.372. The van der Waals surface area contributed by atoms with Gasteiger partial charge in [-0.2, -0.15) is 0 Å². The first-order valence-electron chi connectivity index (χ1n) is 7.22. The fourth-order valence-corrected chi connectivity index (χ4v) is 3.49. The molecular weight excluding hydrogens is 196 g/mol. The molecule has 1 saturated carbocycles. The molecule has 2 rings (SSSR count). The number of nitrogens with two attached hydrogens (primary N) is 1. The topological polar surface area (TPSA) is 29.3 Å². The Morgan fingerprint density at radius 1 is 1.06 bits per heavy atom. The Kier molecular flexibility index (Phi) is 4.26. The van der Waals surface area contributed by atoms with Gasteiger partial charge >= 0.3 is 0 Å². The molecule has 2 N–H and O–H groups in total. The summed E-state index contributed by atoms with van der Waals surface area (Å²) >= 11 is 0. The number of hydrogen-bond acceptors (Lipinski definition) is 2. The van der Waals surface area contributed by atoms with E-state index < -0.39 is 0 Å². The predicted octanol–water partition coefficient (Wildman–Crippen LogP) is 2.77. The van der Waals surface area contributed by atoms with Crippen LogP contribution in [0.2, 0.25) is 0 Å². The average Bonchev–Trinajstić information content (AvgIpc) is 2.60. The molecule has 0 spiro atoms. The fourth-order valence-electron chi connectivity index (χ4n) is 3.49. The molecule has 0 aromatic heterocycles. The Morgan fingerprint density at radius 2 is 1.62 bits per heavy atom. The summed E-state index contributed by atoms with van der Waals surface area (Å²) in [5.41, 5.74) is 6.50. The zero-order valence-corrected chi connectivity index (χ0v) is 10.9. The smallest absolute Gasteiger partial charge is 0.0331 e. The first-order valence-corrected chi connectivity index (χ1v) is 7.22. The minimum absolute atomic E-state index is 0.372. The molecule has 1 aliphatic carbocycles. The van der Waals surface area contributed by atoms with E-state index in [1.165, 1.54) is 64.5 Å². The van der Waals surface area contributed by atoms with Crippen LogP contribution in [-0.4, -0.2) is 30.1 Å². The van der Waals surface area contributed by atoms with Crippen LogP contribution < -0.4 is 5.73 Å². The molecule has 0 aromatic carbocycles. The Balaban J connectivity index is 2.01. The van der Waals surface area contributed by atoms with Gasteiger partial charge in [-0.05, 0) is 57.5 Å². The lowest BCUT2D eigenvalue weighted by Crippen LogP contribution is -2.55. The molecule has 2 nitrogen and oxygen atoms in total. The summed E-state index contributed by atoms with van der Waals surface area (Å²) in [5, 5.41) is 0. The lowest BCUT2D eigenvalue weighted by molar-refractivity contribution is 0.0476. The van der Waals surface area contributed by atoms with Crippen molar-refractivity contribution in [2.75, 3.05) is 19.6 Å². The molecule has 0 radical (unpaired) electrons. The third kappa shape index (κ3) is 2.60. The van der Waals surface area contributed by atoms with Crippen molar-refractivity contribution in [1.82, 2.24) is 4.90 Å². The van der Waals surface area contributed by atoms with Crippen LogP contribution in [0.25, 0.3) is 0 Å². The third-order valence-electron chi connectivity index (χ3n) is 4.86. The molecular formula is C14H28N2. The summed E-state index contributed by atoms with van der Waals surface area (Å²) in [6.45, 7) is 5.86. The van der Waals surface area contributed by atoms with Crippen molar-refractivity contribution in [3.05, 3.63) is 0 Å². The van der Waals surface area contributed by atoms with E-state index in [0.29, 0.717) is 5.54 Å². The van der Waals surface area contributed by atoms with Crippen LogP contribution in [0.3, 0.4) is 0 Å². The van der Waals surface area contributed by atoms with Crippen molar-refractivity contribution in [1.29, 1.82) is 0 Å². The Labute approximate surface area is 101 Å². The summed E-state index contributed by atoms with van der Waals surface area (Å²) in [7, 11) is 0. The average molecular weight is 224 g/mol. The van der Waals surface area contributed by atoms with Crippen LogP contribution in [0.1, 0.15) is 58.3 Å². The van der Waals surface area contributed by atoms with Gasteiger partial charge in [0.15, 0.2) is 0 Å². The molecule has 1 aliphatic heterocycles. The van der Waals surface area contributed by atoms with Crippen LogP contribution in [-0.2, 0) is 0 Å². The van der Waals surface area contributed by atoms with Crippen molar-refractivity contribution in [3.63, 3.8) is 0 Å². The zero-order chi connectivity index (χ0) is 11.4.